The van der Waals surface area contributed by atoms with Gasteiger partial charge in [-0.2, -0.15) is 0 Å². The van der Waals surface area contributed by atoms with Gasteiger partial charge < -0.3 is 9.72 Å². The number of ether oxygens (including phenoxy) is 1. The lowest BCUT2D eigenvalue weighted by molar-refractivity contribution is 0.341. The van der Waals surface area contributed by atoms with Gasteiger partial charge in [0.1, 0.15) is 11.6 Å². The van der Waals surface area contributed by atoms with E-state index in [1.54, 1.807) is 41.8 Å². The summed E-state index contributed by atoms with van der Waals surface area (Å²) in [6, 6.07) is 11.4. The molecular formula is C27H32ClN5O4S. The molecule has 0 fully saturated rings. The van der Waals surface area contributed by atoms with Crippen molar-refractivity contribution in [1.29, 1.82) is 0 Å². The van der Waals surface area contributed by atoms with Gasteiger partial charge >= 0.3 is 0 Å². The number of unbranched alkanes of at least 4 members (excludes halogenated alkanes) is 3. The number of fused-ring (bicyclic) bond motifs is 1. The van der Waals surface area contributed by atoms with E-state index >= 15 is 0 Å². The molecule has 2 aromatic heterocycles. The van der Waals surface area contributed by atoms with Gasteiger partial charge in [-0.25, -0.2) is 22.6 Å². The molecule has 4 rings (SSSR count). The number of nitrogens with one attached hydrogen (secondary N) is 2. The van der Waals surface area contributed by atoms with Crippen LogP contribution in [0.1, 0.15) is 56.6 Å². The maximum absolute atomic E-state index is 13.1. The molecule has 2 N–H and O–H groups in total. The first-order chi connectivity index (χ1) is 18.2. The van der Waals surface area contributed by atoms with Crippen molar-refractivity contribution in [3.05, 3.63) is 74.9 Å². The fourth-order valence-corrected chi connectivity index (χ4v) is 5.41. The highest BCUT2D eigenvalue weighted by Gasteiger charge is 2.21. The van der Waals surface area contributed by atoms with E-state index in [9.17, 15) is 13.2 Å². The third-order valence-electron chi connectivity index (χ3n) is 6.19. The summed E-state index contributed by atoms with van der Waals surface area (Å²) in [6.45, 7) is 6.22. The van der Waals surface area contributed by atoms with Crippen molar-refractivity contribution in [3.8, 4) is 17.1 Å². The molecule has 2 aromatic carbocycles. The second kappa shape index (κ2) is 12.1. The van der Waals surface area contributed by atoms with Crippen LogP contribution in [0.2, 0.25) is 5.02 Å². The van der Waals surface area contributed by atoms with Gasteiger partial charge in [-0.3, -0.25) is 4.79 Å². The van der Waals surface area contributed by atoms with Crippen molar-refractivity contribution in [1.82, 2.24) is 24.3 Å². The molecule has 0 aliphatic carbocycles. The van der Waals surface area contributed by atoms with Crippen molar-refractivity contribution >= 4 is 27.1 Å². The van der Waals surface area contributed by atoms with E-state index < -0.39 is 10.0 Å². The Bertz CT molecular complexity index is 1580. The maximum atomic E-state index is 13.1. The summed E-state index contributed by atoms with van der Waals surface area (Å²) in [6.07, 6.45) is 4.95. The fourth-order valence-electron chi connectivity index (χ4n) is 4.24. The molecule has 0 unspecified atom stereocenters. The summed E-state index contributed by atoms with van der Waals surface area (Å²) in [4.78, 5) is 20.5. The molecule has 0 amide bonds. The summed E-state index contributed by atoms with van der Waals surface area (Å²) in [5, 5.41) is 5.26. The van der Waals surface area contributed by atoms with Gasteiger partial charge in [0.05, 0.1) is 22.8 Å². The molecule has 2 heterocycles. The molecule has 0 saturated heterocycles. The Labute approximate surface area is 227 Å². The highest BCUT2D eigenvalue weighted by molar-refractivity contribution is 7.89. The predicted octanol–water partition coefficient (Wildman–Crippen LogP) is 5.05. The summed E-state index contributed by atoms with van der Waals surface area (Å²) < 4.78 is 36.2. The number of benzene rings is 2. The number of halogens is 1. The van der Waals surface area contributed by atoms with Gasteiger partial charge in [0.2, 0.25) is 10.0 Å². The quantitative estimate of drug-likeness (QED) is 0.235. The second-order valence-electron chi connectivity index (χ2n) is 9.03. The molecule has 11 heteroatoms. The molecule has 0 atom stereocenters. The van der Waals surface area contributed by atoms with E-state index in [0.717, 1.165) is 31.2 Å². The number of H-pyrrole nitrogens is 1. The number of aromatic amines is 1. The lowest BCUT2D eigenvalue weighted by atomic mass is 10.1. The average molecular weight is 558 g/mol. The SMILES string of the molecule is CCCCCCc1nc(C)c2c(=O)[nH]c(-c3cc(S(=O)(=O)NCc4ccc(Cl)cc4)ccc3OCC)nn12. The Morgan fingerprint density at radius 1 is 1.08 bits per heavy atom. The van der Waals surface area contributed by atoms with Gasteiger partial charge in [-0.1, -0.05) is 49.9 Å². The molecule has 0 spiro atoms. The second-order valence-corrected chi connectivity index (χ2v) is 11.2. The third-order valence-corrected chi connectivity index (χ3v) is 7.84. The lowest BCUT2D eigenvalue weighted by Crippen LogP contribution is -2.23. The third kappa shape index (κ3) is 6.25. The zero-order valence-electron chi connectivity index (χ0n) is 21.8. The van der Waals surface area contributed by atoms with Crippen molar-refractivity contribution in [2.75, 3.05) is 6.61 Å². The molecule has 38 heavy (non-hydrogen) atoms. The number of hydrogen-bond donors (Lipinski definition) is 2. The van der Waals surface area contributed by atoms with Crippen molar-refractivity contribution in [2.24, 2.45) is 0 Å². The first-order valence-electron chi connectivity index (χ1n) is 12.7. The van der Waals surface area contributed by atoms with E-state index in [0.29, 0.717) is 46.4 Å². The normalized spacial score (nSPS) is 11.8. The van der Waals surface area contributed by atoms with Gasteiger partial charge in [0, 0.05) is 18.0 Å². The molecule has 0 radical (unpaired) electrons. The van der Waals surface area contributed by atoms with E-state index in [2.05, 4.69) is 26.7 Å². The minimum Gasteiger partial charge on any atom is -0.493 e. The van der Waals surface area contributed by atoms with Crippen molar-refractivity contribution in [3.63, 3.8) is 0 Å². The number of sulfonamides is 1. The van der Waals surface area contributed by atoms with Gasteiger partial charge in [-0.05, 0) is 56.2 Å². The number of imidazole rings is 1. The molecule has 0 saturated carbocycles. The Morgan fingerprint density at radius 3 is 2.55 bits per heavy atom. The van der Waals surface area contributed by atoms with Crippen LogP contribution in [0.4, 0.5) is 0 Å². The number of rotatable bonds is 12. The largest absolute Gasteiger partial charge is 0.493 e. The Kier molecular flexibility index (Phi) is 8.86. The van der Waals surface area contributed by atoms with Crippen LogP contribution in [-0.2, 0) is 23.0 Å². The Balaban J connectivity index is 1.72. The number of nitrogens with zero attached hydrogens (tertiary/aromatic N) is 3. The van der Waals surface area contributed by atoms with Crippen LogP contribution in [0.15, 0.2) is 52.2 Å². The summed E-state index contributed by atoms with van der Waals surface area (Å²) in [7, 11) is -3.88. The maximum Gasteiger partial charge on any atom is 0.277 e. The van der Waals surface area contributed by atoms with E-state index in [4.69, 9.17) is 16.3 Å². The van der Waals surface area contributed by atoms with Gasteiger partial charge in [0.25, 0.3) is 5.56 Å². The smallest absolute Gasteiger partial charge is 0.277 e. The van der Waals surface area contributed by atoms with E-state index in [-0.39, 0.29) is 22.8 Å². The number of hydrogen-bond acceptors (Lipinski definition) is 6. The molecule has 4 aromatic rings. The topological polar surface area (TPSA) is 118 Å². The molecule has 9 nitrogen and oxygen atoms in total. The van der Waals surface area contributed by atoms with Crippen LogP contribution in [0, 0.1) is 6.92 Å². The highest BCUT2D eigenvalue weighted by Crippen LogP contribution is 2.30. The van der Waals surface area contributed by atoms with Crippen LogP contribution < -0.4 is 15.0 Å². The Morgan fingerprint density at radius 2 is 1.84 bits per heavy atom. The molecule has 0 aliphatic rings. The molecular weight excluding hydrogens is 526 g/mol. The molecule has 0 aliphatic heterocycles. The average Bonchev–Trinajstić information content (AvgIpc) is 3.22. The summed E-state index contributed by atoms with van der Waals surface area (Å²) >= 11 is 5.92. The zero-order chi connectivity index (χ0) is 27.3. The predicted molar refractivity (Wildman–Crippen MR) is 148 cm³/mol. The van der Waals surface area contributed by atoms with Crippen LogP contribution >= 0.6 is 11.6 Å². The van der Waals surface area contributed by atoms with E-state index in [1.807, 2.05) is 6.92 Å². The first-order valence-corrected chi connectivity index (χ1v) is 14.6. The number of aromatic nitrogens is 4. The van der Waals surface area contributed by atoms with Crippen molar-refractivity contribution in [2.45, 2.75) is 64.3 Å². The van der Waals surface area contributed by atoms with Crippen LogP contribution in [0.25, 0.3) is 16.9 Å². The fraction of sp³-hybridized carbons (Fsp3) is 0.370. The van der Waals surface area contributed by atoms with Crippen molar-refractivity contribution < 1.29 is 13.2 Å². The minimum atomic E-state index is -3.88. The minimum absolute atomic E-state index is 0.0225. The van der Waals surface area contributed by atoms with Gasteiger partial charge in [-0.15, -0.1) is 5.10 Å². The highest BCUT2D eigenvalue weighted by atomic mass is 35.5. The Hall–Kier alpha value is -3.21. The summed E-state index contributed by atoms with van der Waals surface area (Å²) in [5.74, 6) is 1.31. The van der Waals surface area contributed by atoms with Crippen LogP contribution in [0.3, 0.4) is 0 Å². The molecule has 202 valence electrons. The van der Waals surface area contributed by atoms with Gasteiger partial charge in [0.15, 0.2) is 11.3 Å². The zero-order valence-corrected chi connectivity index (χ0v) is 23.3. The molecule has 0 bridgehead atoms. The summed E-state index contributed by atoms with van der Waals surface area (Å²) in [5.41, 5.74) is 1.76. The van der Waals surface area contributed by atoms with Crippen LogP contribution in [-0.4, -0.2) is 34.6 Å². The standard InChI is InChI=1S/C27H32ClN5O4S/c1-4-6-7-8-9-24-30-18(3)25-27(34)31-26(32-33(24)25)22-16-21(14-15-23(22)37-5-2)38(35,36)29-17-19-10-12-20(28)13-11-19/h10-16,29H,4-9,17H2,1-3H3,(H,31,32,34). The number of aryl methyl sites for hydroxylation is 2. The first kappa shape index (κ1) is 27.8. The monoisotopic (exact) mass is 557 g/mol. The van der Waals surface area contributed by atoms with E-state index in [1.165, 1.54) is 12.1 Å². The van der Waals surface area contributed by atoms with Crippen LogP contribution in [0.5, 0.6) is 5.75 Å². The lowest BCUT2D eigenvalue weighted by Gasteiger charge is -2.13.